The van der Waals surface area contributed by atoms with E-state index in [2.05, 4.69) is 57.2 Å². The third-order valence-electron chi connectivity index (χ3n) is 1.84. The second kappa shape index (κ2) is 5.64. The van der Waals surface area contributed by atoms with Gasteiger partial charge in [-0.1, -0.05) is 70.7 Å². The zero-order valence-corrected chi connectivity index (χ0v) is 8.75. The number of hydrogen-bond acceptors (Lipinski definition) is 0. The standard InChI is InChI=1S/C13H18.CH4/c1-13(2,3)11-7-10-12-8-5-4-6-9-12;/h4-10H,11H2,1-3H3;1H4/b10-7+;. The lowest BCUT2D eigenvalue weighted by Crippen LogP contribution is -2.01. The summed E-state index contributed by atoms with van der Waals surface area (Å²) in [6.07, 6.45) is 5.56. The van der Waals surface area contributed by atoms with Crippen LogP contribution in [0.15, 0.2) is 36.4 Å². The van der Waals surface area contributed by atoms with Gasteiger partial charge in [0.15, 0.2) is 0 Å². The van der Waals surface area contributed by atoms with Crippen molar-refractivity contribution in [2.24, 2.45) is 5.41 Å². The van der Waals surface area contributed by atoms with Crippen LogP contribution in [0.2, 0.25) is 0 Å². The van der Waals surface area contributed by atoms with Gasteiger partial charge in [-0.25, -0.2) is 0 Å². The van der Waals surface area contributed by atoms with E-state index in [1.165, 1.54) is 5.56 Å². The van der Waals surface area contributed by atoms with E-state index in [1.807, 2.05) is 6.07 Å². The molecular weight excluding hydrogens is 168 g/mol. The summed E-state index contributed by atoms with van der Waals surface area (Å²) >= 11 is 0. The Balaban J connectivity index is 0.00000169. The first-order valence-electron chi connectivity index (χ1n) is 4.79. The molecule has 0 unspecified atom stereocenters. The summed E-state index contributed by atoms with van der Waals surface area (Å²) in [6.45, 7) is 6.76. The molecule has 0 amide bonds. The molecule has 0 atom stereocenters. The Hall–Kier alpha value is -1.04. The van der Waals surface area contributed by atoms with Crippen LogP contribution in [0.25, 0.3) is 6.08 Å². The summed E-state index contributed by atoms with van der Waals surface area (Å²) in [5, 5.41) is 0. The fraction of sp³-hybridized carbons (Fsp3) is 0.429. The van der Waals surface area contributed by atoms with E-state index in [9.17, 15) is 0 Å². The largest absolute Gasteiger partial charge is 0.0834 e. The molecule has 0 saturated heterocycles. The molecule has 0 N–H and O–H groups in total. The van der Waals surface area contributed by atoms with E-state index in [4.69, 9.17) is 0 Å². The van der Waals surface area contributed by atoms with Gasteiger partial charge in [0.05, 0.1) is 0 Å². The summed E-state index contributed by atoms with van der Waals surface area (Å²) < 4.78 is 0. The molecule has 0 saturated carbocycles. The fourth-order valence-corrected chi connectivity index (χ4v) is 1.11. The first kappa shape index (κ1) is 13.0. The van der Waals surface area contributed by atoms with Crippen molar-refractivity contribution in [1.29, 1.82) is 0 Å². The Morgan fingerprint density at radius 3 is 2.14 bits per heavy atom. The zero-order chi connectivity index (χ0) is 9.73. The quantitative estimate of drug-likeness (QED) is 0.630. The molecule has 0 nitrogen and oxygen atoms in total. The molecule has 0 aliphatic heterocycles. The lowest BCUT2D eigenvalue weighted by Gasteiger charge is -2.14. The van der Waals surface area contributed by atoms with Crippen molar-refractivity contribution in [2.45, 2.75) is 34.6 Å². The minimum absolute atomic E-state index is 0. The molecule has 0 radical (unpaired) electrons. The monoisotopic (exact) mass is 190 g/mol. The molecule has 0 heteroatoms. The SMILES string of the molecule is C.CC(C)(C)C/C=C/c1ccccc1. The normalized spacial score (nSPS) is 11.4. The Labute approximate surface area is 88.7 Å². The zero-order valence-electron chi connectivity index (χ0n) is 8.75. The van der Waals surface area contributed by atoms with Crippen LogP contribution in [0.3, 0.4) is 0 Å². The number of benzene rings is 1. The van der Waals surface area contributed by atoms with Crippen LogP contribution >= 0.6 is 0 Å². The minimum atomic E-state index is 0. The molecule has 0 fully saturated rings. The van der Waals surface area contributed by atoms with E-state index >= 15 is 0 Å². The number of allylic oxidation sites excluding steroid dienone is 1. The molecule has 0 spiro atoms. The fourth-order valence-electron chi connectivity index (χ4n) is 1.11. The maximum atomic E-state index is 2.25. The van der Waals surface area contributed by atoms with Crippen LogP contribution in [-0.2, 0) is 0 Å². The molecule has 14 heavy (non-hydrogen) atoms. The summed E-state index contributed by atoms with van der Waals surface area (Å²) in [4.78, 5) is 0. The molecule has 0 aliphatic carbocycles. The van der Waals surface area contributed by atoms with E-state index in [0.717, 1.165) is 6.42 Å². The van der Waals surface area contributed by atoms with Crippen LogP contribution in [0, 0.1) is 5.41 Å². The smallest absolute Gasteiger partial charge is 0.0260 e. The maximum Gasteiger partial charge on any atom is -0.0260 e. The highest BCUT2D eigenvalue weighted by Gasteiger charge is 2.05. The van der Waals surface area contributed by atoms with Gasteiger partial charge < -0.3 is 0 Å². The minimum Gasteiger partial charge on any atom is -0.0834 e. The average molecular weight is 190 g/mol. The summed E-state index contributed by atoms with van der Waals surface area (Å²) in [5.41, 5.74) is 1.68. The van der Waals surface area contributed by atoms with Gasteiger partial charge in [0, 0.05) is 0 Å². The Bertz CT molecular complexity index is 262. The number of rotatable bonds is 2. The van der Waals surface area contributed by atoms with Crippen LogP contribution in [0.4, 0.5) is 0 Å². The predicted octanol–water partition coefficient (Wildman–Crippen LogP) is 4.77. The number of hydrogen-bond donors (Lipinski definition) is 0. The molecule has 1 rings (SSSR count). The molecule has 78 valence electrons. The van der Waals surface area contributed by atoms with Gasteiger partial charge in [-0.15, -0.1) is 0 Å². The van der Waals surface area contributed by atoms with Crippen molar-refractivity contribution in [3.63, 3.8) is 0 Å². The first-order valence-corrected chi connectivity index (χ1v) is 4.79. The second-order valence-corrected chi connectivity index (χ2v) is 4.58. The molecule has 1 aromatic carbocycles. The lowest BCUT2D eigenvalue weighted by molar-refractivity contribution is 0.421. The second-order valence-electron chi connectivity index (χ2n) is 4.58. The van der Waals surface area contributed by atoms with Crippen molar-refractivity contribution in [3.05, 3.63) is 42.0 Å². The Morgan fingerprint density at radius 2 is 1.64 bits per heavy atom. The molecule has 0 aromatic heterocycles. The van der Waals surface area contributed by atoms with Gasteiger partial charge in [0.25, 0.3) is 0 Å². The molecular formula is C14H22. The summed E-state index contributed by atoms with van der Waals surface area (Å²) in [6, 6.07) is 10.4. The maximum absolute atomic E-state index is 2.25. The highest BCUT2D eigenvalue weighted by Crippen LogP contribution is 2.19. The van der Waals surface area contributed by atoms with E-state index in [1.54, 1.807) is 0 Å². The molecule has 0 aliphatic rings. The van der Waals surface area contributed by atoms with Gasteiger partial charge in [-0.3, -0.25) is 0 Å². The van der Waals surface area contributed by atoms with E-state index < -0.39 is 0 Å². The van der Waals surface area contributed by atoms with Crippen molar-refractivity contribution in [3.8, 4) is 0 Å². The van der Waals surface area contributed by atoms with Crippen LogP contribution < -0.4 is 0 Å². The molecule has 0 heterocycles. The van der Waals surface area contributed by atoms with Gasteiger partial charge in [-0.2, -0.15) is 0 Å². The van der Waals surface area contributed by atoms with E-state index in [-0.39, 0.29) is 7.43 Å². The van der Waals surface area contributed by atoms with Gasteiger partial charge in [-0.05, 0) is 17.4 Å². The topological polar surface area (TPSA) is 0 Å². The van der Waals surface area contributed by atoms with Crippen molar-refractivity contribution in [2.75, 3.05) is 0 Å². The lowest BCUT2D eigenvalue weighted by atomic mass is 9.92. The average Bonchev–Trinajstić information content (AvgIpc) is 2.04. The highest BCUT2D eigenvalue weighted by atomic mass is 14.1. The van der Waals surface area contributed by atoms with E-state index in [0.29, 0.717) is 5.41 Å². The van der Waals surface area contributed by atoms with Crippen molar-refractivity contribution < 1.29 is 0 Å². The van der Waals surface area contributed by atoms with Crippen molar-refractivity contribution in [1.82, 2.24) is 0 Å². The summed E-state index contributed by atoms with van der Waals surface area (Å²) in [5.74, 6) is 0. The molecule has 1 aromatic rings. The van der Waals surface area contributed by atoms with Crippen molar-refractivity contribution >= 4 is 6.08 Å². The third-order valence-corrected chi connectivity index (χ3v) is 1.84. The Morgan fingerprint density at radius 1 is 1.07 bits per heavy atom. The Kier molecular flexibility index (Phi) is 5.22. The molecule has 0 bridgehead atoms. The third kappa shape index (κ3) is 5.58. The van der Waals surface area contributed by atoms with Crippen LogP contribution in [0.1, 0.15) is 40.2 Å². The highest BCUT2D eigenvalue weighted by molar-refractivity contribution is 5.48. The predicted molar refractivity (Wildman–Crippen MR) is 66.3 cm³/mol. The van der Waals surface area contributed by atoms with Gasteiger partial charge in [0.1, 0.15) is 0 Å². The van der Waals surface area contributed by atoms with Crippen LogP contribution in [-0.4, -0.2) is 0 Å². The van der Waals surface area contributed by atoms with Crippen LogP contribution in [0.5, 0.6) is 0 Å². The first-order chi connectivity index (χ1) is 6.08. The summed E-state index contributed by atoms with van der Waals surface area (Å²) in [7, 11) is 0. The van der Waals surface area contributed by atoms with Gasteiger partial charge in [0.2, 0.25) is 0 Å². The van der Waals surface area contributed by atoms with Gasteiger partial charge >= 0.3 is 0 Å².